The largest absolute Gasteiger partial charge is 0.370 e. The third-order valence-corrected chi connectivity index (χ3v) is 3.91. The SMILES string of the molecule is CCCNc1cc(N2CCSC(C)C2)ncn1. The summed E-state index contributed by atoms with van der Waals surface area (Å²) in [6.07, 6.45) is 2.76. The quantitative estimate of drug-likeness (QED) is 0.890. The molecule has 1 saturated heterocycles. The molecule has 1 aliphatic heterocycles. The molecule has 0 amide bonds. The molecule has 1 fully saturated rings. The van der Waals surface area contributed by atoms with Crippen molar-refractivity contribution in [3.8, 4) is 0 Å². The Labute approximate surface area is 107 Å². The Hall–Kier alpha value is -0.970. The number of hydrogen-bond acceptors (Lipinski definition) is 5. The highest BCUT2D eigenvalue weighted by Gasteiger charge is 2.18. The van der Waals surface area contributed by atoms with E-state index in [1.54, 1.807) is 6.33 Å². The predicted molar refractivity (Wildman–Crippen MR) is 74.9 cm³/mol. The summed E-state index contributed by atoms with van der Waals surface area (Å²) in [5, 5.41) is 3.99. The predicted octanol–water partition coefficient (Wildman–Crippen LogP) is 2.24. The van der Waals surface area contributed by atoms with Crippen LogP contribution in [-0.4, -0.2) is 40.6 Å². The van der Waals surface area contributed by atoms with Crippen LogP contribution in [0.15, 0.2) is 12.4 Å². The van der Waals surface area contributed by atoms with Crippen molar-refractivity contribution in [2.75, 3.05) is 35.6 Å². The lowest BCUT2D eigenvalue weighted by atomic mass is 10.3. The van der Waals surface area contributed by atoms with E-state index < -0.39 is 0 Å². The molecule has 0 radical (unpaired) electrons. The van der Waals surface area contributed by atoms with Crippen LogP contribution in [0.4, 0.5) is 11.6 Å². The second kappa shape index (κ2) is 6.10. The molecular formula is C12H20N4S. The first kappa shape index (κ1) is 12.5. The van der Waals surface area contributed by atoms with Crippen LogP contribution in [0.2, 0.25) is 0 Å². The molecule has 94 valence electrons. The fourth-order valence-corrected chi connectivity index (χ4v) is 2.91. The lowest BCUT2D eigenvalue weighted by Gasteiger charge is -2.31. The summed E-state index contributed by atoms with van der Waals surface area (Å²) in [7, 11) is 0. The molecule has 1 unspecified atom stereocenters. The Kier molecular flexibility index (Phi) is 4.48. The van der Waals surface area contributed by atoms with Gasteiger partial charge in [0, 0.05) is 36.7 Å². The Morgan fingerprint density at radius 1 is 1.53 bits per heavy atom. The molecule has 1 aromatic heterocycles. The molecule has 0 bridgehead atoms. The summed E-state index contributed by atoms with van der Waals surface area (Å²) < 4.78 is 0. The molecule has 1 aliphatic rings. The van der Waals surface area contributed by atoms with E-state index in [0.717, 1.165) is 37.7 Å². The van der Waals surface area contributed by atoms with Crippen molar-refractivity contribution in [1.29, 1.82) is 0 Å². The van der Waals surface area contributed by atoms with E-state index in [0.29, 0.717) is 5.25 Å². The van der Waals surface area contributed by atoms with Crippen molar-refractivity contribution in [1.82, 2.24) is 9.97 Å². The van der Waals surface area contributed by atoms with Gasteiger partial charge in [-0.2, -0.15) is 11.8 Å². The molecule has 1 atom stereocenters. The highest BCUT2D eigenvalue weighted by Crippen LogP contribution is 2.23. The van der Waals surface area contributed by atoms with Crippen molar-refractivity contribution in [2.24, 2.45) is 0 Å². The minimum atomic E-state index is 0.686. The number of nitrogens with zero attached hydrogens (tertiary/aromatic N) is 3. The molecule has 17 heavy (non-hydrogen) atoms. The van der Waals surface area contributed by atoms with E-state index in [9.17, 15) is 0 Å². The van der Waals surface area contributed by atoms with Crippen molar-refractivity contribution in [2.45, 2.75) is 25.5 Å². The van der Waals surface area contributed by atoms with Crippen molar-refractivity contribution < 1.29 is 0 Å². The smallest absolute Gasteiger partial charge is 0.134 e. The maximum atomic E-state index is 4.37. The van der Waals surface area contributed by atoms with Crippen LogP contribution in [-0.2, 0) is 0 Å². The summed E-state index contributed by atoms with van der Waals surface area (Å²) in [5.74, 6) is 3.16. The van der Waals surface area contributed by atoms with Gasteiger partial charge in [0.15, 0.2) is 0 Å². The van der Waals surface area contributed by atoms with E-state index in [4.69, 9.17) is 0 Å². The summed E-state index contributed by atoms with van der Waals surface area (Å²) in [6, 6.07) is 2.05. The molecule has 2 rings (SSSR count). The van der Waals surface area contributed by atoms with Crippen LogP contribution in [0, 0.1) is 0 Å². The number of hydrogen-bond donors (Lipinski definition) is 1. The lowest BCUT2D eigenvalue weighted by Crippen LogP contribution is -2.37. The van der Waals surface area contributed by atoms with Gasteiger partial charge in [0.25, 0.3) is 0 Å². The molecular weight excluding hydrogens is 232 g/mol. The maximum absolute atomic E-state index is 4.37. The number of nitrogens with one attached hydrogen (secondary N) is 1. The standard InChI is InChI=1S/C12H20N4S/c1-3-4-13-11-7-12(15-9-14-11)16-5-6-17-10(2)8-16/h7,9-10H,3-6,8H2,1-2H3,(H,13,14,15). The number of thioether (sulfide) groups is 1. The molecule has 4 nitrogen and oxygen atoms in total. The van der Waals surface area contributed by atoms with Crippen molar-refractivity contribution in [3.05, 3.63) is 12.4 Å². The Morgan fingerprint density at radius 2 is 2.41 bits per heavy atom. The van der Waals surface area contributed by atoms with E-state index in [2.05, 4.69) is 40.1 Å². The van der Waals surface area contributed by atoms with Gasteiger partial charge in [-0.15, -0.1) is 0 Å². The zero-order chi connectivity index (χ0) is 12.1. The molecule has 0 aromatic carbocycles. The second-order valence-electron chi connectivity index (χ2n) is 4.32. The van der Waals surface area contributed by atoms with Crippen LogP contribution in [0.3, 0.4) is 0 Å². The maximum Gasteiger partial charge on any atom is 0.134 e. The molecule has 1 aromatic rings. The monoisotopic (exact) mass is 252 g/mol. The third kappa shape index (κ3) is 3.49. The minimum Gasteiger partial charge on any atom is -0.370 e. The number of rotatable bonds is 4. The normalized spacial score (nSPS) is 20.4. The highest BCUT2D eigenvalue weighted by atomic mass is 32.2. The summed E-state index contributed by atoms with van der Waals surface area (Å²) in [5.41, 5.74) is 0. The highest BCUT2D eigenvalue weighted by molar-refractivity contribution is 8.00. The topological polar surface area (TPSA) is 41.0 Å². The van der Waals surface area contributed by atoms with Gasteiger partial charge < -0.3 is 10.2 Å². The number of aromatic nitrogens is 2. The van der Waals surface area contributed by atoms with Crippen LogP contribution in [0.5, 0.6) is 0 Å². The number of anilines is 2. The van der Waals surface area contributed by atoms with Gasteiger partial charge in [0.2, 0.25) is 0 Å². The van der Waals surface area contributed by atoms with Gasteiger partial charge in [0.05, 0.1) is 0 Å². The molecule has 0 saturated carbocycles. The van der Waals surface area contributed by atoms with E-state index in [1.807, 2.05) is 11.8 Å². The summed E-state index contributed by atoms with van der Waals surface area (Å²) >= 11 is 2.03. The molecule has 1 N–H and O–H groups in total. The van der Waals surface area contributed by atoms with Crippen LogP contribution < -0.4 is 10.2 Å². The Bertz CT molecular complexity index is 358. The first-order valence-corrected chi connectivity index (χ1v) is 7.27. The summed E-state index contributed by atoms with van der Waals surface area (Å²) in [6.45, 7) is 7.55. The van der Waals surface area contributed by atoms with Gasteiger partial charge in [-0.1, -0.05) is 13.8 Å². The van der Waals surface area contributed by atoms with Gasteiger partial charge in [-0.05, 0) is 6.42 Å². The van der Waals surface area contributed by atoms with Gasteiger partial charge in [0.1, 0.15) is 18.0 Å². The first-order chi connectivity index (χ1) is 8.29. The molecule has 0 aliphatic carbocycles. The van der Waals surface area contributed by atoms with Gasteiger partial charge in [-0.3, -0.25) is 0 Å². The fraction of sp³-hybridized carbons (Fsp3) is 0.667. The summed E-state index contributed by atoms with van der Waals surface area (Å²) in [4.78, 5) is 11.0. The van der Waals surface area contributed by atoms with E-state index in [1.165, 1.54) is 5.75 Å². The Morgan fingerprint density at radius 3 is 3.18 bits per heavy atom. The lowest BCUT2D eigenvalue weighted by molar-refractivity contribution is 0.768. The molecule has 2 heterocycles. The zero-order valence-corrected chi connectivity index (χ0v) is 11.3. The van der Waals surface area contributed by atoms with Crippen LogP contribution >= 0.6 is 11.8 Å². The van der Waals surface area contributed by atoms with Gasteiger partial charge >= 0.3 is 0 Å². The third-order valence-electron chi connectivity index (χ3n) is 2.77. The average Bonchev–Trinajstić information content (AvgIpc) is 2.37. The first-order valence-electron chi connectivity index (χ1n) is 6.22. The second-order valence-corrected chi connectivity index (χ2v) is 5.86. The Balaban J connectivity index is 2.04. The molecule has 5 heteroatoms. The van der Waals surface area contributed by atoms with E-state index in [-0.39, 0.29) is 0 Å². The molecule has 0 spiro atoms. The van der Waals surface area contributed by atoms with Crippen molar-refractivity contribution in [3.63, 3.8) is 0 Å². The van der Waals surface area contributed by atoms with Gasteiger partial charge in [-0.25, -0.2) is 9.97 Å². The van der Waals surface area contributed by atoms with Crippen molar-refractivity contribution >= 4 is 23.4 Å². The fourth-order valence-electron chi connectivity index (χ4n) is 1.90. The average molecular weight is 252 g/mol. The van der Waals surface area contributed by atoms with Crippen LogP contribution in [0.1, 0.15) is 20.3 Å². The van der Waals surface area contributed by atoms with Crippen LogP contribution in [0.25, 0.3) is 0 Å². The van der Waals surface area contributed by atoms with E-state index >= 15 is 0 Å². The zero-order valence-electron chi connectivity index (χ0n) is 10.5. The minimum absolute atomic E-state index is 0.686.